The van der Waals surface area contributed by atoms with Gasteiger partial charge in [-0.25, -0.2) is 12.8 Å². The van der Waals surface area contributed by atoms with Crippen LogP contribution in [-0.4, -0.2) is 20.4 Å². The highest BCUT2D eigenvalue weighted by Gasteiger charge is 2.27. The molecule has 3 aromatic carbocycles. The van der Waals surface area contributed by atoms with Crippen LogP contribution in [0.15, 0.2) is 89.8 Å². The zero-order valence-electron chi connectivity index (χ0n) is 16.5. The van der Waals surface area contributed by atoms with E-state index in [0.717, 1.165) is 23.3 Å². The van der Waals surface area contributed by atoms with Gasteiger partial charge in [0.2, 0.25) is 15.9 Å². The van der Waals surface area contributed by atoms with Crippen molar-refractivity contribution in [1.82, 2.24) is 10.0 Å². The molecule has 2 atom stereocenters. The summed E-state index contributed by atoms with van der Waals surface area (Å²) in [6.07, 6.45) is 0.175. The summed E-state index contributed by atoms with van der Waals surface area (Å²) in [5.74, 6) is -0.981. The molecule has 7 heteroatoms. The lowest BCUT2D eigenvalue weighted by molar-refractivity contribution is -0.123. The van der Waals surface area contributed by atoms with Crippen LogP contribution in [-0.2, 0) is 21.2 Å². The average molecular weight is 427 g/mol. The third-order valence-corrected chi connectivity index (χ3v) is 6.17. The molecule has 0 heterocycles. The van der Waals surface area contributed by atoms with Crippen LogP contribution >= 0.6 is 0 Å². The minimum atomic E-state index is -4.02. The molecule has 2 N–H and O–H groups in total. The van der Waals surface area contributed by atoms with E-state index in [1.54, 1.807) is 0 Å². The van der Waals surface area contributed by atoms with Crippen molar-refractivity contribution < 1.29 is 17.6 Å². The maximum atomic E-state index is 13.2. The van der Waals surface area contributed by atoms with Crippen molar-refractivity contribution in [3.63, 3.8) is 0 Å². The molecule has 1 amide bonds. The van der Waals surface area contributed by atoms with E-state index in [1.165, 1.54) is 12.1 Å². The molecular weight excluding hydrogens is 403 g/mol. The highest BCUT2D eigenvalue weighted by Crippen LogP contribution is 2.15. The van der Waals surface area contributed by atoms with E-state index in [4.69, 9.17) is 0 Å². The summed E-state index contributed by atoms with van der Waals surface area (Å²) in [4.78, 5) is 12.9. The Hall–Kier alpha value is -3.03. The number of rotatable bonds is 8. The van der Waals surface area contributed by atoms with Crippen LogP contribution in [0.25, 0.3) is 0 Å². The first-order valence-electron chi connectivity index (χ1n) is 9.52. The van der Waals surface area contributed by atoms with E-state index in [0.29, 0.717) is 0 Å². The third kappa shape index (κ3) is 5.75. The van der Waals surface area contributed by atoms with Crippen LogP contribution < -0.4 is 10.0 Å². The number of halogens is 1. The summed E-state index contributed by atoms with van der Waals surface area (Å²) in [6.45, 7) is 1.83. The van der Waals surface area contributed by atoms with Gasteiger partial charge in [0.05, 0.1) is 10.9 Å². The molecule has 0 spiro atoms. The zero-order chi connectivity index (χ0) is 21.6. The Bertz CT molecular complexity index is 1070. The minimum Gasteiger partial charge on any atom is -0.348 e. The van der Waals surface area contributed by atoms with Gasteiger partial charge in [0, 0.05) is 0 Å². The smallest absolute Gasteiger partial charge is 0.241 e. The Morgan fingerprint density at radius 1 is 0.900 bits per heavy atom. The predicted molar refractivity (Wildman–Crippen MR) is 114 cm³/mol. The van der Waals surface area contributed by atoms with E-state index < -0.39 is 27.8 Å². The van der Waals surface area contributed by atoms with Crippen LogP contribution in [0.1, 0.15) is 24.1 Å². The molecule has 0 radical (unpaired) electrons. The van der Waals surface area contributed by atoms with Gasteiger partial charge in [-0.3, -0.25) is 4.79 Å². The van der Waals surface area contributed by atoms with Crippen LogP contribution in [0.2, 0.25) is 0 Å². The van der Waals surface area contributed by atoms with Gasteiger partial charge < -0.3 is 5.32 Å². The maximum absolute atomic E-state index is 13.2. The Kier molecular flexibility index (Phi) is 6.97. The second-order valence-electron chi connectivity index (χ2n) is 6.96. The number of nitrogens with one attached hydrogen (secondary N) is 2. The molecule has 0 saturated carbocycles. The van der Waals surface area contributed by atoms with E-state index in [-0.39, 0.29) is 17.4 Å². The maximum Gasteiger partial charge on any atom is 0.241 e. The van der Waals surface area contributed by atoms with Gasteiger partial charge >= 0.3 is 0 Å². The van der Waals surface area contributed by atoms with E-state index in [1.807, 2.05) is 67.6 Å². The van der Waals surface area contributed by atoms with E-state index >= 15 is 0 Å². The first kappa shape index (κ1) is 21.7. The normalized spacial score (nSPS) is 13.4. The van der Waals surface area contributed by atoms with Gasteiger partial charge in [0.25, 0.3) is 0 Å². The van der Waals surface area contributed by atoms with Crippen LogP contribution in [0.5, 0.6) is 0 Å². The standard InChI is InChI=1S/C23H23FN2O3S/c1-17(19-10-6-3-7-11-19)25-23(27)22(16-18-8-4-2-5-9-18)26-30(28,29)21-14-12-20(24)13-15-21/h2-15,17,22,26H,16H2,1H3,(H,25,27)/t17-,22+/m1/s1. The molecule has 30 heavy (non-hydrogen) atoms. The Balaban J connectivity index is 1.82. The lowest BCUT2D eigenvalue weighted by Gasteiger charge is -2.22. The van der Waals surface area contributed by atoms with Crippen molar-refractivity contribution in [3.8, 4) is 0 Å². The molecule has 0 aliphatic carbocycles. The molecule has 0 fully saturated rings. The number of hydrogen-bond donors (Lipinski definition) is 2. The van der Waals surface area contributed by atoms with Gasteiger partial charge in [-0.15, -0.1) is 0 Å². The third-order valence-electron chi connectivity index (χ3n) is 4.68. The number of carbonyl (C=O) groups is 1. The number of sulfonamides is 1. The quantitative estimate of drug-likeness (QED) is 0.578. The molecule has 0 aliphatic heterocycles. The van der Waals surface area contributed by atoms with Gasteiger partial charge in [-0.1, -0.05) is 60.7 Å². The number of amides is 1. The number of carbonyl (C=O) groups excluding carboxylic acids is 1. The van der Waals surface area contributed by atoms with Crippen molar-refractivity contribution >= 4 is 15.9 Å². The van der Waals surface area contributed by atoms with Crippen LogP contribution in [0, 0.1) is 5.82 Å². The highest BCUT2D eigenvalue weighted by atomic mass is 32.2. The molecule has 0 bridgehead atoms. The molecule has 3 aromatic rings. The fourth-order valence-corrected chi connectivity index (χ4v) is 4.24. The summed E-state index contributed by atoms with van der Waals surface area (Å²) in [5.41, 5.74) is 1.72. The van der Waals surface area contributed by atoms with Gasteiger partial charge in [-0.05, 0) is 48.7 Å². The van der Waals surface area contributed by atoms with Gasteiger partial charge in [0.1, 0.15) is 11.9 Å². The van der Waals surface area contributed by atoms with Crippen LogP contribution in [0.3, 0.4) is 0 Å². The molecule has 0 saturated heterocycles. The van der Waals surface area contributed by atoms with Crippen molar-refractivity contribution in [3.05, 3.63) is 102 Å². The molecule has 0 aromatic heterocycles. The summed E-state index contributed by atoms with van der Waals surface area (Å²) < 4.78 is 41.2. The summed E-state index contributed by atoms with van der Waals surface area (Å²) in [7, 11) is -4.02. The largest absolute Gasteiger partial charge is 0.348 e. The lowest BCUT2D eigenvalue weighted by Crippen LogP contribution is -2.48. The first-order chi connectivity index (χ1) is 14.3. The Morgan fingerprint density at radius 3 is 2.07 bits per heavy atom. The second-order valence-corrected chi connectivity index (χ2v) is 8.67. The van der Waals surface area contributed by atoms with Crippen molar-refractivity contribution in [2.75, 3.05) is 0 Å². The minimum absolute atomic E-state index is 0.106. The summed E-state index contributed by atoms with van der Waals surface area (Å²) in [6, 6.07) is 21.7. The topological polar surface area (TPSA) is 75.3 Å². The molecule has 156 valence electrons. The molecule has 0 unspecified atom stereocenters. The predicted octanol–water partition coefficient (Wildman–Crippen LogP) is 3.59. The van der Waals surface area contributed by atoms with Crippen molar-refractivity contribution in [2.45, 2.75) is 30.3 Å². The monoisotopic (exact) mass is 426 g/mol. The van der Waals surface area contributed by atoms with Crippen LogP contribution in [0.4, 0.5) is 4.39 Å². The average Bonchev–Trinajstić information content (AvgIpc) is 2.74. The zero-order valence-corrected chi connectivity index (χ0v) is 17.3. The first-order valence-corrected chi connectivity index (χ1v) is 11.0. The fraction of sp³-hybridized carbons (Fsp3) is 0.174. The van der Waals surface area contributed by atoms with Crippen molar-refractivity contribution in [2.24, 2.45) is 0 Å². The van der Waals surface area contributed by atoms with E-state index in [2.05, 4.69) is 10.0 Å². The van der Waals surface area contributed by atoms with Gasteiger partial charge in [-0.2, -0.15) is 4.72 Å². The molecule has 0 aliphatic rings. The highest BCUT2D eigenvalue weighted by molar-refractivity contribution is 7.89. The van der Waals surface area contributed by atoms with Crippen molar-refractivity contribution in [1.29, 1.82) is 0 Å². The number of hydrogen-bond acceptors (Lipinski definition) is 3. The summed E-state index contributed by atoms with van der Waals surface area (Å²) in [5, 5.41) is 2.87. The Labute approximate surface area is 176 Å². The second kappa shape index (κ2) is 9.65. The van der Waals surface area contributed by atoms with E-state index in [9.17, 15) is 17.6 Å². The lowest BCUT2D eigenvalue weighted by atomic mass is 10.0. The Morgan fingerprint density at radius 2 is 1.47 bits per heavy atom. The molecule has 3 rings (SSSR count). The fourth-order valence-electron chi connectivity index (χ4n) is 3.05. The van der Waals surface area contributed by atoms with Gasteiger partial charge in [0.15, 0.2) is 0 Å². The summed E-state index contributed by atoms with van der Waals surface area (Å²) >= 11 is 0. The molecule has 5 nitrogen and oxygen atoms in total. The number of benzene rings is 3. The molecular formula is C23H23FN2O3S. The SMILES string of the molecule is C[C@@H](NC(=O)[C@H](Cc1ccccc1)NS(=O)(=O)c1ccc(F)cc1)c1ccccc1.